The Labute approximate surface area is 188 Å². The fourth-order valence-corrected chi connectivity index (χ4v) is 3.47. The third-order valence-corrected chi connectivity index (χ3v) is 5.25. The van der Waals surface area contributed by atoms with Gasteiger partial charge in [0, 0.05) is 31.4 Å². The normalized spacial score (nSPS) is 10.9. The lowest BCUT2D eigenvalue weighted by Gasteiger charge is -2.14. The summed E-state index contributed by atoms with van der Waals surface area (Å²) in [5.41, 5.74) is 1.04. The van der Waals surface area contributed by atoms with Gasteiger partial charge in [0.05, 0.1) is 23.0 Å². The van der Waals surface area contributed by atoms with Crippen LogP contribution in [-0.4, -0.2) is 52.2 Å². The SMILES string of the molecule is COc1ccc2c(c1)c(=O)n(-c1ccc(Cl)cn1)n2C(=O)c1ccc(C(=N)N(C)C)cc1. The third kappa shape index (κ3) is 3.65. The van der Waals surface area contributed by atoms with Crippen LogP contribution in [0.15, 0.2) is 65.6 Å². The average molecular weight is 450 g/mol. The fraction of sp³-hybridized carbons (Fsp3) is 0.130. The third-order valence-electron chi connectivity index (χ3n) is 5.03. The van der Waals surface area contributed by atoms with Crippen molar-refractivity contribution < 1.29 is 9.53 Å². The van der Waals surface area contributed by atoms with E-state index in [-0.39, 0.29) is 5.82 Å². The molecule has 0 aliphatic rings. The van der Waals surface area contributed by atoms with Crippen molar-refractivity contribution in [3.8, 4) is 11.6 Å². The minimum atomic E-state index is -0.415. The number of hydrogen-bond acceptors (Lipinski definition) is 5. The number of nitrogens with one attached hydrogen (secondary N) is 1. The van der Waals surface area contributed by atoms with Crippen LogP contribution in [0.1, 0.15) is 15.9 Å². The number of carbonyl (C=O) groups is 1. The maximum atomic E-state index is 13.6. The molecule has 4 aromatic rings. The van der Waals surface area contributed by atoms with Gasteiger partial charge < -0.3 is 9.64 Å². The molecule has 0 atom stereocenters. The van der Waals surface area contributed by atoms with E-state index in [9.17, 15) is 9.59 Å². The first kappa shape index (κ1) is 21.3. The quantitative estimate of drug-likeness (QED) is 0.380. The Hall–Kier alpha value is -3.91. The van der Waals surface area contributed by atoms with Crippen LogP contribution in [0.25, 0.3) is 16.7 Å². The number of pyridine rings is 1. The lowest BCUT2D eigenvalue weighted by Crippen LogP contribution is -2.27. The van der Waals surface area contributed by atoms with Crippen molar-refractivity contribution in [2.24, 2.45) is 0 Å². The first-order chi connectivity index (χ1) is 15.3. The standard InChI is InChI=1S/C23H20ClN5O3/c1-27(2)21(25)14-4-6-15(7-5-14)22(30)28-19-10-9-17(32-3)12-18(19)23(31)29(28)20-11-8-16(24)13-26-20/h4-13,25H,1-3H3. The Morgan fingerprint density at radius 3 is 2.34 bits per heavy atom. The molecule has 1 N–H and O–H groups in total. The van der Waals surface area contributed by atoms with Crippen molar-refractivity contribution >= 4 is 34.2 Å². The van der Waals surface area contributed by atoms with Crippen LogP contribution < -0.4 is 10.3 Å². The van der Waals surface area contributed by atoms with Gasteiger partial charge >= 0.3 is 0 Å². The number of hydrogen-bond donors (Lipinski definition) is 1. The van der Waals surface area contributed by atoms with E-state index in [1.54, 1.807) is 73.6 Å². The van der Waals surface area contributed by atoms with Gasteiger partial charge in [-0.25, -0.2) is 9.67 Å². The molecule has 162 valence electrons. The molecule has 9 heteroatoms. The number of amidine groups is 1. The maximum absolute atomic E-state index is 13.6. The van der Waals surface area contributed by atoms with E-state index in [1.165, 1.54) is 22.7 Å². The highest BCUT2D eigenvalue weighted by Crippen LogP contribution is 2.22. The molecule has 0 saturated heterocycles. The van der Waals surface area contributed by atoms with E-state index in [1.807, 2.05) is 0 Å². The highest BCUT2D eigenvalue weighted by atomic mass is 35.5. The number of halogens is 1. The summed E-state index contributed by atoms with van der Waals surface area (Å²) in [7, 11) is 5.06. The van der Waals surface area contributed by atoms with Gasteiger partial charge in [0.25, 0.3) is 11.5 Å². The molecule has 0 amide bonds. The molecular formula is C23H20ClN5O3. The van der Waals surface area contributed by atoms with Crippen LogP contribution >= 0.6 is 11.6 Å². The monoisotopic (exact) mass is 449 g/mol. The zero-order valence-electron chi connectivity index (χ0n) is 17.7. The highest BCUT2D eigenvalue weighted by Gasteiger charge is 2.22. The molecule has 0 unspecified atom stereocenters. The van der Waals surface area contributed by atoms with E-state index in [4.69, 9.17) is 21.7 Å². The summed E-state index contributed by atoms with van der Waals surface area (Å²) in [5, 5.41) is 8.83. The predicted molar refractivity (Wildman–Crippen MR) is 124 cm³/mol. The minimum absolute atomic E-state index is 0.258. The van der Waals surface area contributed by atoms with Crippen LogP contribution in [-0.2, 0) is 0 Å². The largest absolute Gasteiger partial charge is 0.497 e. The number of ether oxygens (including phenoxy) is 1. The van der Waals surface area contributed by atoms with Crippen molar-refractivity contribution in [3.63, 3.8) is 0 Å². The number of rotatable bonds is 4. The van der Waals surface area contributed by atoms with Crippen LogP contribution in [0.3, 0.4) is 0 Å². The van der Waals surface area contributed by atoms with Gasteiger partial charge in [-0.1, -0.05) is 23.7 Å². The van der Waals surface area contributed by atoms with Gasteiger partial charge in [-0.05, 0) is 42.5 Å². The van der Waals surface area contributed by atoms with Gasteiger partial charge in [-0.3, -0.25) is 15.0 Å². The summed E-state index contributed by atoms with van der Waals surface area (Å²) in [5.74, 6) is 0.669. The Kier molecular flexibility index (Phi) is 5.54. The van der Waals surface area contributed by atoms with Gasteiger partial charge in [0.1, 0.15) is 11.6 Å². The molecule has 0 aliphatic carbocycles. The summed E-state index contributed by atoms with van der Waals surface area (Å²) in [6.07, 6.45) is 1.41. The lowest BCUT2D eigenvalue weighted by atomic mass is 10.1. The first-order valence-electron chi connectivity index (χ1n) is 9.66. The molecule has 8 nitrogen and oxygen atoms in total. The Bertz CT molecular complexity index is 1390. The predicted octanol–water partition coefficient (Wildman–Crippen LogP) is 3.42. The van der Waals surface area contributed by atoms with Crippen molar-refractivity contribution in [2.75, 3.05) is 21.2 Å². The second-order valence-electron chi connectivity index (χ2n) is 7.27. The summed E-state index contributed by atoms with van der Waals surface area (Å²) in [4.78, 5) is 32.8. The van der Waals surface area contributed by atoms with Gasteiger partial charge in [-0.2, -0.15) is 4.68 Å². The molecule has 2 heterocycles. The van der Waals surface area contributed by atoms with Crippen LogP contribution in [0.5, 0.6) is 5.75 Å². The molecule has 0 spiro atoms. The molecule has 0 aliphatic heterocycles. The number of fused-ring (bicyclic) bond motifs is 1. The topological polar surface area (TPSA) is 93.2 Å². The first-order valence-corrected chi connectivity index (χ1v) is 10.0. The molecule has 32 heavy (non-hydrogen) atoms. The molecule has 4 rings (SSSR count). The zero-order valence-corrected chi connectivity index (χ0v) is 18.4. The van der Waals surface area contributed by atoms with E-state index >= 15 is 0 Å². The summed E-state index contributed by atoms with van der Waals surface area (Å²) in [6.45, 7) is 0. The number of nitrogens with zero attached hydrogens (tertiary/aromatic N) is 4. The summed E-state index contributed by atoms with van der Waals surface area (Å²) >= 11 is 5.96. The van der Waals surface area contributed by atoms with Crippen LogP contribution in [0, 0.1) is 5.41 Å². The molecule has 2 aromatic carbocycles. The molecule has 0 fully saturated rings. The molecule has 0 radical (unpaired) electrons. The van der Waals surface area contributed by atoms with Gasteiger partial charge in [0.2, 0.25) is 0 Å². The van der Waals surface area contributed by atoms with E-state index in [0.29, 0.717) is 38.6 Å². The van der Waals surface area contributed by atoms with Crippen molar-refractivity contribution in [1.29, 1.82) is 5.41 Å². The van der Waals surface area contributed by atoms with Gasteiger partial charge in [0.15, 0.2) is 5.82 Å². The zero-order chi connectivity index (χ0) is 23.0. The second-order valence-corrected chi connectivity index (χ2v) is 7.71. The number of aromatic nitrogens is 3. The lowest BCUT2D eigenvalue weighted by molar-refractivity contribution is 0.0941. The van der Waals surface area contributed by atoms with Crippen LogP contribution in [0.2, 0.25) is 5.02 Å². The number of benzene rings is 2. The van der Waals surface area contributed by atoms with Crippen molar-refractivity contribution in [2.45, 2.75) is 0 Å². The Morgan fingerprint density at radius 2 is 1.75 bits per heavy atom. The van der Waals surface area contributed by atoms with E-state index in [0.717, 1.165) is 0 Å². The van der Waals surface area contributed by atoms with Crippen molar-refractivity contribution in [3.05, 3.63) is 87.3 Å². The van der Waals surface area contributed by atoms with E-state index in [2.05, 4.69) is 4.98 Å². The molecule has 0 saturated carbocycles. The van der Waals surface area contributed by atoms with E-state index < -0.39 is 11.5 Å². The minimum Gasteiger partial charge on any atom is -0.497 e. The van der Waals surface area contributed by atoms with Crippen LogP contribution in [0.4, 0.5) is 0 Å². The molecule has 2 aromatic heterocycles. The maximum Gasteiger partial charge on any atom is 0.281 e. The highest BCUT2D eigenvalue weighted by molar-refractivity contribution is 6.30. The summed E-state index contributed by atoms with van der Waals surface area (Å²) in [6, 6.07) is 14.8. The number of methoxy groups -OCH3 is 1. The smallest absolute Gasteiger partial charge is 0.281 e. The Morgan fingerprint density at radius 1 is 1.06 bits per heavy atom. The van der Waals surface area contributed by atoms with Gasteiger partial charge in [-0.15, -0.1) is 0 Å². The molecule has 0 bridgehead atoms. The Balaban J connectivity index is 1.91. The second kappa shape index (κ2) is 8.32. The fourth-order valence-electron chi connectivity index (χ4n) is 3.36. The molecular weight excluding hydrogens is 430 g/mol. The number of carbonyl (C=O) groups excluding carboxylic acids is 1. The average Bonchev–Trinajstić information content (AvgIpc) is 3.10. The van der Waals surface area contributed by atoms with Crippen molar-refractivity contribution in [1.82, 2.24) is 19.2 Å². The summed E-state index contributed by atoms with van der Waals surface area (Å²) < 4.78 is 7.76.